The monoisotopic (exact) mass is 332 g/mol. The Hall–Kier alpha value is -3.41. The summed E-state index contributed by atoms with van der Waals surface area (Å²) >= 11 is 0. The van der Waals surface area contributed by atoms with Crippen molar-refractivity contribution >= 4 is 11.5 Å². The molecule has 4 aromatic rings. The highest BCUT2D eigenvalue weighted by atomic mass is 16.4. The molecule has 0 saturated carbocycles. The van der Waals surface area contributed by atoms with Gasteiger partial charge in [0, 0.05) is 11.3 Å². The number of aromatic nitrogens is 4. The normalized spacial score (nSPS) is 11.1. The topological polar surface area (TPSA) is 72.4 Å². The standard InChI is InChI=1S/C19H16N4O2/c1-13-10-18(19(24)25)20-22(13)12-16-9-5-8-15-11-17(21-23(15)16)14-6-3-2-4-7-14/h2-11H,12H2,1H3,(H,24,25). The fourth-order valence-electron chi connectivity index (χ4n) is 2.87. The van der Waals surface area contributed by atoms with Gasteiger partial charge < -0.3 is 5.11 Å². The number of nitrogens with zero attached hydrogens (tertiary/aromatic N) is 4. The second kappa shape index (κ2) is 5.90. The van der Waals surface area contributed by atoms with Crippen LogP contribution >= 0.6 is 0 Å². The van der Waals surface area contributed by atoms with Crippen LogP contribution in [0.5, 0.6) is 0 Å². The molecule has 3 aromatic heterocycles. The molecule has 0 bridgehead atoms. The summed E-state index contributed by atoms with van der Waals surface area (Å²) in [5.41, 5.74) is 4.72. The Kier molecular flexibility index (Phi) is 3.57. The molecule has 3 heterocycles. The first-order valence-electron chi connectivity index (χ1n) is 7.92. The second-order valence-electron chi connectivity index (χ2n) is 5.88. The van der Waals surface area contributed by atoms with Crippen molar-refractivity contribution in [2.75, 3.05) is 0 Å². The van der Waals surface area contributed by atoms with Crippen LogP contribution < -0.4 is 0 Å². The lowest BCUT2D eigenvalue weighted by atomic mass is 10.1. The van der Waals surface area contributed by atoms with Crippen LogP contribution in [0.4, 0.5) is 0 Å². The lowest BCUT2D eigenvalue weighted by molar-refractivity contribution is 0.0689. The molecule has 0 unspecified atom stereocenters. The summed E-state index contributed by atoms with van der Waals surface area (Å²) in [5.74, 6) is -1.02. The number of benzene rings is 1. The van der Waals surface area contributed by atoms with Gasteiger partial charge >= 0.3 is 5.97 Å². The molecule has 6 nitrogen and oxygen atoms in total. The minimum atomic E-state index is -1.02. The van der Waals surface area contributed by atoms with Crippen molar-refractivity contribution < 1.29 is 9.90 Å². The van der Waals surface area contributed by atoms with Crippen LogP contribution in [0, 0.1) is 6.92 Å². The van der Waals surface area contributed by atoms with Crippen LogP contribution in [-0.4, -0.2) is 30.5 Å². The number of carboxylic acids is 1. The molecule has 6 heteroatoms. The van der Waals surface area contributed by atoms with Crippen molar-refractivity contribution in [1.82, 2.24) is 19.4 Å². The zero-order valence-corrected chi connectivity index (χ0v) is 13.6. The van der Waals surface area contributed by atoms with Gasteiger partial charge in [-0.2, -0.15) is 10.2 Å². The van der Waals surface area contributed by atoms with Crippen molar-refractivity contribution in [3.8, 4) is 11.3 Å². The van der Waals surface area contributed by atoms with Gasteiger partial charge in [-0.15, -0.1) is 0 Å². The largest absolute Gasteiger partial charge is 0.476 e. The molecular formula is C19H16N4O2. The zero-order valence-electron chi connectivity index (χ0n) is 13.6. The highest BCUT2D eigenvalue weighted by molar-refractivity contribution is 5.85. The van der Waals surface area contributed by atoms with Crippen molar-refractivity contribution in [2.45, 2.75) is 13.5 Å². The van der Waals surface area contributed by atoms with E-state index in [1.165, 1.54) is 0 Å². The average molecular weight is 332 g/mol. The molecule has 0 aliphatic carbocycles. The van der Waals surface area contributed by atoms with Crippen LogP contribution in [0.2, 0.25) is 0 Å². The van der Waals surface area contributed by atoms with Crippen LogP contribution in [0.25, 0.3) is 16.8 Å². The molecule has 25 heavy (non-hydrogen) atoms. The van der Waals surface area contributed by atoms with Crippen LogP contribution in [0.3, 0.4) is 0 Å². The Morgan fingerprint density at radius 3 is 2.56 bits per heavy atom. The fourth-order valence-corrected chi connectivity index (χ4v) is 2.87. The number of hydrogen-bond donors (Lipinski definition) is 1. The summed E-state index contributed by atoms with van der Waals surface area (Å²) in [6, 6.07) is 19.6. The molecule has 0 atom stereocenters. The first-order valence-corrected chi connectivity index (χ1v) is 7.92. The molecule has 0 fully saturated rings. The maximum Gasteiger partial charge on any atom is 0.356 e. The minimum absolute atomic E-state index is 0.0510. The zero-order chi connectivity index (χ0) is 17.4. The lowest BCUT2D eigenvalue weighted by Gasteiger charge is -2.07. The number of pyridine rings is 1. The Morgan fingerprint density at radius 2 is 1.84 bits per heavy atom. The number of rotatable bonds is 4. The Morgan fingerprint density at radius 1 is 1.04 bits per heavy atom. The summed E-state index contributed by atoms with van der Waals surface area (Å²) < 4.78 is 3.56. The van der Waals surface area contributed by atoms with E-state index in [2.05, 4.69) is 5.10 Å². The number of carboxylic acid groups (broad SMARTS) is 1. The van der Waals surface area contributed by atoms with E-state index in [9.17, 15) is 4.79 Å². The van der Waals surface area contributed by atoms with E-state index in [4.69, 9.17) is 10.2 Å². The summed E-state index contributed by atoms with van der Waals surface area (Å²) in [7, 11) is 0. The Bertz CT molecular complexity index is 1060. The predicted molar refractivity (Wildman–Crippen MR) is 93.7 cm³/mol. The van der Waals surface area contributed by atoms with E-state index in [1.807, 2.05) is 66.0 Å². The molecule has 0 radical (unpaired) electrons. The highest BCUT2D eigenvalue weighted by Crippen LogP contribution is 2.20. The first-order chi connectivity index (χ1) is 12.1. The summed E-state index contributed by atoms with van der Waals surface area (Å²) in [4.78, 5) is 11.1. The SMILES string of the molecule is Cc1cc(C(=O)O)nn1Cc1cccc2cc(-c3ccccc3)nn12. The van der Waals surface area contributed by atoms with Crippen LogP contribution in [0.1, 0.15) is 21.9 Å². The quantitative estimate of drug-likeness (QED) is 0.622. The first kappa shape index (κ1) is 15.1. The number of aryl methyl sites for hydroxylation is 1. The Balaban J connectivity index is 1.75. The summed E-state index contributed by atoms with van der Waals surface area (Å²) in [5, 5.41) is 18.0. The molecule has 1 N–H and O–H groups in total. The maximum absolute atomic E-state index is 11.1. The van der Waals surface area contributed by atoms with Gasteiger partial charge in [0.15, 0.2) is 5.69 Å². The van der Waals surface area contributed by atoms with E-state index < -0.39 is 5.97 Å². The molecule has 0 saturated heterocycles. The number of carbonyl (C=O) groups is 1. The van der Waals surface area contributed by atoms with Crippen molar-refractivity contribution in [3.05, 3.63) is 77.7 Å². The number of hydrogen-bond acceptors (Lipinski definition) is 3. The predicted octanol–water partition coefficient (Wildman–Crippen LogP) is 3.25. The molecule has 0 aliphatic rings. The third-order valence-corrected chi connectivity index (χ3v) is 4.15. The third kappa shape index (κ3) is 2.78. The van der Waals surface area contributed by atoms with Gasteiger partial charge in [-0.3, -0.25) is 4.68 Å². The minimum Gasteiger partial charge on any atom is -0.476 e. The van der Waals surface area contributed by atoms with Crippen LogP contribution in [-0.2, 0) is 6.54 Å². The molecule has 124 valence electrons. The van der Waals surface area contributed by atoms with E-state index in [0.717, 1.165) is 28.2 Å². The molecule has 0 spiro atoms. The van der Waals surface area contributed by atoms with Gasteiger partial charge in [0.25, 0.3) is 0 Å². The fraction of sp³-hybridized carbons (Fsp3) is 0.105. The van der Waals surface area contributed by atoms with E-state index in [-0.39, 0.29) is 5.69 Å². The number of fused-ring (bicyclic) bond motifs is 1. The molecular weight excluding hydrogens is 316 g/mol. The van der Waals surface area contributed by atoms with Crippen LogP contribution in [0.15, 0.2) is 60.7 Å². The van der Waals surface area contributed by atoms with Crippen molar-refractivity contribution in [3.63, 3.8) is 0 Å². The smallest absolute Gasteiger partial charge is 0.356 e. The van der Waals surface area contributed by atoms with E-state index >= 15 is 0 Å². The van der Waals surface area contributed by atoms with Gasteiger partial charge in [0.2, 0.25) is 0 Å². The van der Waals surface area contributed by atoms with Gasteiger partial charge in [0.05, 0.1) is 23.4 Å². The third-order valence-electron chi connectivity index (χ3n) is 4.15. The molecule has 0 aliphatic heterocycles. The number of aromatic carboxylic acids is 1. The average Bonchev–Trinajstić information content (AvgIpc) is 3.21. The second-order valence-corrected chi connectivity index (χ2v) is 5.88. The van der Waals surface area contributed by atoms with Gasteiger partial charge in [-0.05, 0) is 31.2 Å². The maximum atomic E-state index is 11.1. The molecule has 0 amide bonds. The van der Waals surface area contributed by atoms with E-state index in [1.54, 1.807) is 10.7 Å². The van der Waals surface area contributed by atoms with Crippen molar-refractivity contribution in [1.29, 1.82) is 0 Å². The molecule has 1 aromatic carbocycles. The summed E-state index contributed by atoms with van der Waals surface area (Å²) in [6.45, 7) is 2.30. The van der Waals surface area contributed by atoms with Crippen molar-refractivity contribution in [2.24, 2.45) is 0 Å². The summed E-state index contributed by atoms with van der Waals surface area (Å²) in [6.07, 6.45) is 0. The lowest BCUT2D eigenvalue weighted by Crippen LogP contribution is -2.09. The van der Waals surface area contributed by atoms with Gasteiger partial charge in [0.1, 0.15) is 0 Å². The van der Waals surface area contributed by atoms with Gasteiger partial charge in [-0.25, -0.2) is 9.31 Å². The highest BCUT2D eigenvalue weighted by Gasteiger charge is 2.13. The van der Waals surface area contributed by atoms with Gasteiger partial charge in [-0.1, -0.05) is 36.4 Å². The molecule has 4 rings (SSSR count). The Labute approximate surface area is 144 Å². The van der Waals surface area contributed by atoms with E-state index in [0.29, 0.717) is 6.54 Å².